The fraction of sp³-hybridized carbons (Fsp3) is 0.333. The van der Waals surface area contributed by atoms with Crippen LogP contribution in [0.3, 0.4) is 0 Å². The van der Waals surface area contributed by atoms with Crippen molar-refractivity contribution in [2.75, 3.05) is 12.0 Å². The first-order valence-corrected chi connectivity index (χ1v) is 3.94. The third-order valence-electron chi connectivity index (χ3n) is 2.10. The average molecular weight is 167 g/mol. The Hall–Kier alpha value is -1.25. The number of fused-ring (bicyclic) bond motifs is 1. The van der Waals surface area contributed by atoms with E-state index in [0.717, 1.165) is 11.3 Å². The molecule has 1 atom stereocenters. The van der Waals surface area contributed by atoms with Crippen LogP contribution >= 0.6 is 0 Å². The summed E-state index contributed by atoms with van der Waals surface area (Å²) < 4.78 is 12.2. The van der Waals surface area contributed by atoms with Gasteiger partial charge < -0.3 is 10.4 Å². The van der Waals surface area contributed by atoms with Crippen molar-refractivity contribution in [3.05, 3.63) is 23.8 Å². The molecule has 3 heteroatoms. The molecule has 0 radical (unpaired) electrons. The van der Waals surface area contributed by atoms with Crippen molar-refractivity contribution < 1.29 is 9.50 Å². The maximum atomic E-state index is 12.2. The Kier molecular flexibility index (Phi) is 1.64. The van der Waals surface area contributed by atoms with Gasteiger partial charge in [-0.1, -0.05) is 0 Å². The standard InChI is InChI=1S/C9H10FNO/c10-5-7-3-6-4-8(12)1-2-9(6)11-7/h1-2,4,7,11-12H,3,5H2. The van der Waals surface area contributed by atoms with Crippen molar-refractivity contribution in [2.24, 2.45) is 0 Å². The molecule has 0 aromatic heterocycles. The van der Waals surface area contributed by atoms with Crippen molar-refractivity contribution in [2.45, 2.75) is 12.5 Å². The molecule has 1 heterocycles. The second kappa shape index (κ2) is 2.66. The van der Waals surface area contributed by atoms with E-state index in [9.17, 15) is 4.39 Å². The van der Waals surface area contributed by atoms with Crippen LogP contribution in [0.15, 0.2) is 18.2 Å². The van der Waals surface area contributed by atoms with E-state index >= 15 is 0 Å². The molecular formula is C9H10FNO. The Bertz CT molecular complexity index is 301. The van der Waals surface area contributed by atoms with E-state index in [2.05, 4.69) is 5.32 Å². The van der Waals surface area contributed by atoms with E-state index in [0.29, 0.717) is 6.42 Å². The molecule has 0 fully saturated rings. The summed E-state index contributed by atoms with van der Waals surface area (Å²) in [7, 11) is 0. The molecular weight excluding hydrogens is 157 g/mol. The molecule has 1 aliphatic rings. The van der Waals surface area contributed by atoms with Crippen LogP contribution in [0.5, 0.6) is 5.75 Å². The summed E-state index contributed by atoms with van der Waals surface area (Å²) in [5.41, 5.74) is 1.94. The Morgan fingerprint density at radius 1 is 1.58 bits per heavy atom. The third kappa shape index (κ3) is 1.11. The topological polar surface area (TPSA) is 32.3 Å². The molecule has 12 heavy (non-hydrogen) atoms. The van der Waals surface area contributed by atoms with Gasteiger partial charge in [-0.2, -0.15) is 0 Å². The maximum Gasteiger partial charge on any atom is 0.116 e. The van der Waals surface area contributed by atoms with Gasteiger partial charge in [0.25, 0.3) is 0 Å². The van der Waals surface area contributed by atoms with Crippen LogP contribution in [-0.4, -0.2) is 17.8 Å². The first kappa shape index (κ1) is 7.40. The molecule has 1 aliphatic heterocycles. The molecule has 0 amide bonds. The van der Waals surface area contributed by atoms with Gasteiger partial charge in [0, 0.05) is 5.69 Å². The number of aromatic hydroxyl groups is 1. The number of anilines is 1. The highest BCUT2D eigenvalue weighted by molar-refractivity contribution is 5.58. The van der Waals surface area contributed by atoms with E-state index in [-0.39, 0.29) is 18.5 Å². The summed E-state index contributed by atoms with van der Waals surface area (Å²) in [5, 5.41) is 12.2. The normalized spacial score (nSPS) is 20.2. The molecule has 1 unspecified atom stereocenters. The fourth-order valence-corrected chi connectivity index (χ4v) is 1.52. The highest BCUT2D eigenvalue weighted by Gasteiger charge is 2.19. The van der Waals surface area contributed by atoms with Gasteiger partial charge in [-0.15, -0.1) is 0 Å². The van der Waals surface area contributed by atoms with Gasteiger partial charge in [-0.3, -0.25) is 0 Å². The van der Waals surface area contributed by atoms with Crippen molar-refractivity contribution in [3.8, 4) is 5.75 Å². The Labute approximate surface area is 70.0 Å². The predicted octanol–water partition coefficient (Wildman–Crippen LogP) is 1.70. The Balaban J connectivity index is 2.30. The quantitative estimate of drug-likeness (QED) is 0.624. The van der Waals surface area contributed by atoms with Crippen LogP contribution in [-0.2, 0) is 6.42 Å². The molecule has 2 N–H and O–H groups in total. The minimum atomic E-state index is -0.366. The van der Waals surface area contributed by atoms with E-state index in [1.807, 2.05) is 0 Å². The summed E-state index contributed by atoms with van der Waals surface area (Å²) in [4.78, 5) is 0. The van der Waals surface area contributed by atoms with Crippen molar-refractivity contribution >= 4 is 5.69 Å². The Morgan fingerprint density at radius 2 is 2.42 bits per heavy atom. The van der Waals surface area contributed by atoms with E-state index in [1.54, 1.807) is 18.2 Å². The number of hydrogen-bond acceptors (Lipinski definition) is 2. The van der Waals surface area contributed by atoms with Crippen LogP contribution in [0.1, 0.15) is 5.56 Å². The number of alkyl halides is 1. The minimum absolute atomic E-state index is 0.109. The van der Waals surface area contributed by atoms with Crippen molar-refractivity contribution in [1.82, 2.24) is 0 Å². The lowest BCUT2D eigenvalue weighted by molar-refractivity contribution is 0.450. The highest BCUT2D eigenvalue weighted by atomic mass is 19.1. The molecule has 2 nitrogen and oxygen atoms in total. The fourth-order valence-electron chi connectivity index (χ4n) is 1.52. The van der Waals surface area contributed by atoms with Gasteiger partial charge in [-0.25, -0.2) is 4.39 Å². The van der Waals surface area contributed by atoms with Gasteiger partial charge in [0.2, 0.25) is 0 Å². The largest absolute Gasteiger partial charge is 0.508 e. The SMILES string of the molecule is Oc1ccc2c(c1)CC(CF)N2. The zero-order valence-corrected chi connectivity index (χ0v) is 6.55. The number of halogens is 1. The second-order valence-corrected chi connectivity index (χ2v) is 3.04. The van der Waals surface area contributed by atoms with E-state index < -0.39 is 0 Å². The highest BCUT2D eigenvalue weighted by Crippen LogP contribution is 2.28. The summed E-state index contributed by atoms with van der Waals surface area (Å²) >= 11 is 0. The van der Waals surface area contributed by atoms with Gasteiger partial charge in [0.15, 0.2) is 0 Å². The first-order valence-electron chi connectivity index (χ1n) is 3.94. The number of nitrogens with one attached hydrogen (secondary N) is 1. The van der Waals surface area contributed by atoms with Gasteiger partial charge in [0.1, 0.15) is 12.4 Å². The lowest BCUT2D eigenvalue weighted by Gasteiger charge is -2.03. The van der Waals surface area contributed by atoms with Crippen molar-refractivity contribution in [3.63, 3.8) is 0 Å². The molecule has 1 aromatic carbocycles. The van der Waals surface area contributed by atoms with Crippen LogP contribution in [0.2, 0.25) is 0 Å². The van der Waals surface area contributed by atoms with Gasteiger partial charge in [0.05, 0.1) is 6.04 Å². The monoisotopic (exact) mass is 167 g/mol. The van der Waals surface area contributed by atoms with Crippen LogP contribution in [0, 0.1) is 0 Å². The third-order valence-corrected chi connectivity index (χ3v) is 2.10. The van der Waals surface area contributed by atoms with E-state index in [4.69, 9.17) is 5.11 Å². The molecule has 0 saturated carbocycles. The predicted molar refractivity (Wildman–Crippen MR) is 45.2 cm³/mol. The lowest BCUT2D eigenvalue weighted by Crippen LogP contribution is -2.16. The van der Waals surface area contributed by atoms with Crippen molar-refractivity contribution in [1.29, 1.82) is 0 Å². The molecule has 0 saturated heterocycles. The number of benzene rings is 1. The second-order valence-electron chi connectivity index (χ2n) is 3.04. The average Bonchev–Trinajstić information content (AvgIpc) is 2.46. The summed E-state index contributed by atoms with van der Waals surface area (Å²) in [6, 6.07) is 4.95. The van der Waals surface area contributed by atoms with Crippen LogP contribution in [0.25, 0.3) is 0 Å². The number of phenols is 1. The van der Waals surface area contributed by atoms with Gasteiger partial charge >= 0.3 is 0 Å². The van der Waals surface area contributed by atoms with Gasteiger partial charge in [-0.05, 0) is 30.2 Å². The minimum Gasteiger partial charge on any atom is -0.508 e. The number of hydrogen-bond donors (Lipinski definition) is 2. The molecule has 64 valence electrons. The zero-order chi connectivity index (χ0) is 8.55. The summed E-state index contributed by atoms with van der Waals surface area (Å²) in [6.07, 6.45) is 0.667. The first-order chi connectivity index (χ1) is 5.79. The van der Waals surface area contributed by atoms with E-state index in [1.165, 1.54) is 0 Å². The smallest absolute Gasteiger partial charge is 0.116 e. The molecule has 2 rings (SSSR count). The molecule has 0 spiro atoms. The van der Waals surface area contributed by atoms with Crippen LogP contribution in [0.4, 0.5) is 10.1 Å². The zero-order valence-electron chi connectivity index (χ0n) is 6.55. The van der Waals surface area contributed by atoms with Crippen LogP contribution < -0.4 is 5.32 Å². The summed E-state index contributed by atoms with van der Waals surface area (Å²) in [6.45, 7) is -0.366. The molecule has 0 aliphatic carbocycles. The molecule has 0 bridgehead atoms. The number of phenolic OH excluding ortho intramolecular Hbond substituents is 1. The Morgan fingerprint density at radius 3 is 3.17 bits per heavy atom. The summed E-state index contributed by atoms with van der Waals surface area (Å²) in [5.74, 6) is 0.245. The molecule has 1 aromatic rings. The number of rotatable bonds is 1. The maximum absolute atomic E-state index is 12.2. The lowest BCUT2D eigenvalue weighted by atomic mass is 10.1.